The molecule has 1 aliphatic rings. The van der Waals surface area contributed by atoms with Crippen molar-refractivity contribution in [2.75, 3.05) is 11.9 Å². The van der Waals surface area contributed by atoms with E-state index in [1.54, 1.807) is 16.0 Å². The first kappa shape index (κ1) is 17.9. The number of para-hydroxylation sites is 2. The number of nitrogens with one attached hydrogen (secondary N) is 1. The summed E-state index contributed by atoms with van der Waals surface area (Å²) in [6.07, 6.45) is 3.20. The van der Waals surface area contributed by atoms with E-state index in [1.807, 2.05) is 54.6 Å². The van der Waals surface area contributed by atoms with Crippen LogP contribution >= 0.6 is 11.3 Å². The van der Waals surface area contributed by atoms with Crippen LogP contribution in [0, 0.1) is 0 Å². The van der Waals surface area contributed by atoms with Crippen molar-refractivity contribution in [1.29, 1.82) is 0 Å². The number of hydrogen-bond acceptors (Lipinski definition) is 5. The first-order chi connectivity index (χ1) is 14.3. The number of fused-ring (bicyclic) bond motifs is 2. The molecule has 1 amide bonds. The number of nitrogens with zero attached hydrogens (tertiary/aromatic N) is 3. The highest BCUT2D eigenvalue weighted by molar-refractivity contribution is 7.20. The SMILES string of the molecule is O=C(CCOc1ccccc1)Nc1c2c(nn1-c1nc3ccccc3s1)CCC2. The van der Waals surface area contributed by atoms with E-state index in [9.17, 15) is 4.79 Å². The van der Waals surface area contributed by atoms with Gasteiger partial charge in [-0.05, 0) is 43.5 Å². The maximum Gasteiger partial charge on any atom is 0.228 e. The van der Waals surface area contributed by atoms with E-state index in [-0.39, 0.29) is 12.3 Å². The lowest BCUT2D eigenvalue weighted by Crippen LogP contribution is -2.18. The molecular formula is C22H20N4O2S. The van der Waals surface area contributed by atoms with Gasteiger partial charge in [0.1, 0.15) is 11.6 Å². The highest BCUT2D eigenvalue weighted by atomic mass is 32.1. The van der Waals surface area contributed by atoms with Crippen LogP contribution < -0.4 is 10.1 Å². The van der Waals surface area contributed by atoms with Crippen LogP contribution in [-0.4, -0.2) is 27.3 Å². The minimum Gasteiger partial charge on any atom is -0.493 e. The molecule has 0 unspecified atom stereocenters. The first-order valence-electron chi connectivity index (χ1n) is 9.72. The van der Waals surface area contributed by atoms with Crippen LogP contribution in [0.15, 0.2) is 54.6 Å². The Morgan fingerprint density at radius 3 is 2.79 bits per heavy atom. The van der Waals surface area contributed by atoms with Gasteiger partial charge < -0.3 is 10.1 Å². The van der Waals surface area contributed by atoms with Crippen molar-refractivity contribution >= 4 is 33.3 Å². The summed E-state index contributed by atoms with van der Waals surface area (Å²) in [5.41, 5.74) is 3.12. The van der Waals surface area contributed by atoms with Crippen molar-refractivity contribution in [3.8, 4) is 10.9 Å². The number of rotatable bonds is 6. The number of benzene rings is 2. The van der Waals surface area contributed by atoms with Crippen LogP contribution in [0.5, 0.6) is 5.75 Å². The van der Waals surface area contributed by atoms with Crippen LogP contribution in [0.25, 0.3) is 15.3 Å². The Bertz CT molecular complexity index is 1130. The molecule has 0 spiro atoms. The lowest BCUT2D eigenvalue weighted by atomic mass is 10.2. The number of carbonyl (C=O) groups is 1. The predicted octanol–water partition coefficient (Wildman–Crippen LogP) is 4.38. The third-order valence-electron chi connectivity index (χ3n) is 4.97. The third-order valence-corrected chi connectivity index (χ3v) is 5.98. The van der Waals surface area contributed by atoms with Crippen LogP contribution in [0.3, 0.4) is 0 Å². The van der Waals surface area contributed by atoms with E-state index in [0.717, 1.165) is 57.4 Å². The van der Waals surface area contributed by atoms with E-state index in [0.29, 0.717) is 6.61 Å². The van der Waals surface area contributed by atoms with E-state index in [2.05, 4.69) is 5.32 Å². The van der Waals surface area contributed by atoms with Gasteiger partial charge in [0.25, 0.3) is 0 Å². The monoisotopic (exact) mass is 404 g/mol. The number of hydrogen-bond donors (Lipinski definition) is 1. The van der Waals surface area contributed by atoms with E-state index in [4.69, 9.17) is 14.8 Å². The number of carbonyl (C=O) groups excluding carboxylic acids is 1. The van der Waals surface area contributed by atoms with Crippen molar-refractivity contribution < 1.29 is 9.53 Å². The first-order valence-corrected chi connectivity index (χ1v) is 10.5. The second-order valence-electron chi connectivity index (χ2n) is 6.96. The van der Waals surface area contributed by atoms with Gasteiger partial charge in [-0.2, -0.15) is 9.78 Å². The zero-order valence-corrected chi connectivity index (χ0v) is 16.6. The van der Waals surface area contributed by atoms with Crippen LogP contribution in [0.2, 0.25) is 0 Å². The summed E-state index contributed by atoms with van der Waals surface area (Å²) in [6, 6.07) is 17.5. The second kappa shape index (κ2) is 7.67. The van der Waals surface area contributed by atoms with Crippen molar-refractivity contribution in [2.24, 2.45) is 0 Å². The third kappa shape index (κ3) is 3.61. The average molecular weight is 404 g/mol. The summed E-state index contributed by atoms with van der Waals surface area (Å²) in [5, 5.41) is 8.60. The fourth-order valence-corrected chi connectivity index (χ4v) is 4.51. The highest BCUT2D eigenvalue weighted by Crippen LogP contribution is 2.33. The molecule has 7 heteroatoms. The minimum atomic E-state index is -0.0853. The van der Waals surface area contributed by atoms with Gasteiger partial charge in [0.15, 0.2) is 0 Å². The van der Waals surface area contributed by atoms with Crippen molar-refractivity contribution in [1.82, 2.24) is 14.8 Å². The average Bonchev–Trinajstić information content (AvgIpc) is 3.44. The lowest BCUT2D eigenvalue weighted by molar-refractivity contribution is -0.116. The molecule has 29 heavy (non-hydrogen) atoms. The van der Waals surface area contributed by atoms with Gasteiger partial charge in [-0.25, -0.2) is 4.98 Å². The quantitative estimate of drug-likeness (QED) is 0.518. The topological polar surface area (TPSA) is 69.0 Å². The molecule has 1 N–H and O–H groups in total. The van der Waals surface area contributed by atoms with Gasteiger partial charge in [-0.15, -0.1) is 0 Å². The van der Waals surface area contributed by atoms with Crippen LogP contribution in [0.1, 0.15) is 24.1 Å². The molecule has 0 fully saturated rings. The summed E-state index contributed by atoms with van der Waals surface area (Å²) >= 11 is 1.58. The number of aromatic nitrogens is 3. The molecule has 0 radical (unpaired) electrons. The fourth-order valence-electron chi connectivity index (χ4n) is 3.58. The number of thiazole rings is 1. The summed E-state index contributed by atoms with van der Waals surface area (Å²) in [6.45, 7) is 0.327. The smallest absolute Gasteiger partial charge is 0.228 e. The summed E-state index contributed by atoms with van der Waals surface area (Å²) in [7, 11) is 0. The molecular weight excluding hydrogens is 384 g/mol. The van der Waals surface area contributed by atoms with Gasteiger partial charge in [0.2, 0.25) is 11.0 Å². The summed E-state index contributed by atoms with van der Waals surface area (Å²) < 4.78 is 8.55. The van der Waals surface area contributed by atoms with Gasteiger partial charge in [0, 0.05) is 5.56 Å². The lowest BCUT2D eigenvalue weighted by Gasteiger charge is -2.10. The predicted molar refractivity (Wildman–Crippen MR) is 114 cm³/mol. The normalized spacial score (nSPS) is 12.8. The molecule has 0 atom stereocenters. The van der Waals surface area contributed by atoms with Gasteiger partial charge in [-0.3, -0.25) is 4.79 Å². The molecule has 6 nitrogen and oxygen atoms in total. The molecule has 0 saturated carbocycles. The molecule has 2 aromatic carbocycles. The Balaban J connectivity index is 1.36. The van der Waals surface area contributed by atoms with Gasteiger partial charge >= 0.3 is 0 Å². The molecule has 0 saturated heterocycles. The molecule has 2 heterocycles. The Morgan fingerprint density at radius 1 is 1.10 bits per heavy atom. The number of ether oxygens (including phenoxy) is 1. The number of anilines is 1. The maximum atomic E-state index is 12.6. The molecule has 1 aliphatic carbocycles. The van der Waals surface area contributed by atoms with Gasteiger partial charge in [0.05, 0.1) is 28.9 Å². The number of aryl methyl sites for hydroxylation is 1. The number of amides is 1. The molecule has 5 rings (SSSR count). The summed E-state index contributed by atoms with van der Waals surface area (Å²) in [4.78, 5) is 17.3. The maximum absolute atomic E-state index is 12.6. The largest absolute Gasteiger partial charge is 0.493 e. The molecule has 0 bridgehead atoms. The van der Waals surface area contributed by atoms with Crippen LogP contribution in [0.4, 0.5) is 5.82 Å². The van der Waals surface area contributed by atoms with Crippen LogP contribution in [-0.2, 0) is 17.6 Å². The standard InChI is InChI=1S/C22H20N4O2S/c27-20(13-14-28-15-7-2-1-3-8-15)24-21-16-9-6-11-17(16)25-26(21)22-23-18-10-4-5-12-19(18)29-22/h1-5,7-8,10,12H,6,9,11,13-14H2,(H,24,27). The summed E-state index contributed by atoms with van der Waals surface area (Å²) in [5.74, 6) is 1.43. The van der Waals surface area contributed by atoms with E-state index < -0.39 is 0 Å². The van der Waals surface area contributed by atoms with Crippen molar-refractivity contribution in [3.05, 3.63) is 65.9 Å². The molecule has 4 aromatic rings. The minimum absolute atomic E-state index is 0.0853. The Kier molecular flexibility index (Phi) is 4.73. The highest BCUT2D eigenvalue weighted by Gasteiger charge is 2.25. The fraction of sp³-hybridized carbons (Fsp3) is 0.227. The molecule has 2 aromatic heterocycles. The van der Waals surface area contributed by atoms with Crippen molar-refractivity contribution in [2.45, 2.75) is 25.7 Å². The Morgan fingerprint density at radius 2 is 1.93 bits per heavy atom. The van der Waals surface area contributed by atoms with Crippen molar-refractivity contribution in [3.63, 3.8) is 0 Å². The van der Waals surface area contributed by atoms with Gasteiger partial charge in [-0.1, -0.05) is 41.7 Å². The van der Waals surface area contributed by atoms with E-state index in [1.165, 1.54) is 0 Å². The molecule has 0 aliphatic heterocycles. The van der Waals surface area contributed by atoms with E-state index >= 15 is 0 Å². The molecule has 146 valence electrons. The zero-order valence-electron chi connectivity index (χ0n) is 15.8. The second-order valence-corrected chi connectivity index (χ2v) is 7.97. The Labute approximate surface area is 172 Å². The zero-order chi connectivity index (χ0) is 19.6. The Hall–Kier alpha value is -3.19.